The van der Waals surface area contributed by atoms with Gasteiger partial charge in [0.2, 0.25) is 0 Å². The van der Waals surface area contributed by atoms with Crippen LogP contribution in [0.1, 0.15) is 31.2 Å². The highest BCUT2D eigenvalue weighted by Crippen LogP contribution is 2.41. The predicted molar refractivity (Wildman–Crippen MR) is 65.9 cm³/mol. The van der Waals surface area contributed by atoms with E-state index in [2.05, 4.69) is 11.8 Å². The number of aliphatic hydroxyl groups is 1. The van der Waals surface area contributed by atoms with E-state index < -0.39 is 0 Å². The third-order valence-corrected chi connectivity index (χ3v) is 3.19. The first kappa shape index (κ1) is 11.2. The van der Waals surface area contributed by atoms with E-state index in [1.807, 2.05) is 30.3 Å². The molecule has 1 heteroatoms. The van der Waals surface area contributed by atoms with Crippen LogP contribution in [0.3, 0.4) is 0 Å². The third-order valence-electron chi connectivity index (χ3n) is 3.19. The standard InChI is InChI=1S/C15H18O/c16-12-15-11-14(15)10-6-2-5-9-13-7-3-1-4-8-13/h1,3-4,7-8,14-16H,2,6,10-12H2/t14-,15+/m1/s1. The van der Waals surface area contributed by atoms with Gasteiger partial charge in [-0.15, -0.1) is 0 Å². The molecule has 0 saturated heterocycles. The lowest BCUT2D eigenvalue weighted by Gasteiger charge is -1.94. The van der Waals surface area contributed by atoms with E-state index in [1.54, 1.807) is 0 Å². The second-order valence-electron chi connectivity index (χ2n) is 4.50. The molecule has 1 fully saturated rings. The van der Waals surface area contributed by atoms with Gasteiger partial charge in [-0.05, 0) is 43.2 Å². The summed E-state index contributed by atoms with van der Waals surface area (Å²) in [6, 6.07) is 10.1. The molecule has 0 amide bonds. The summed E-state index contributed by atoms with van der Waals surface area (Å²) in [7, 11) is 0. The number of hydrogen-bond acceptors (Lipinski definition) is 1. The molecule has 1 saturated carbocycles. The van der Waals surface area contributed by atoms with Gasteiger partial charge in [0.25, 0.3) is 0 Å². The molecule has 84 valence electrons. The minimum Gasteiger partial charge on any atom is -0.396 e. The van der Waals surface area contributed by atoms with Gasteiger partial charge in [-0.2, -0.15) is 0 Å². The van der Waals surface area contributed by atoms with E-state index in [-0.39, 0.29) is 0 Å². The molecule has 1 N–H and O–H groups in total. The molecule has 0 heterocycles. The van der Waals surface area contributed by atoms with Crippen LogP contribution in [-0.4, -0.2) is 11.7 Å². The van der Waals surface area contributed by atoms with Crippen molar-refractivity contribution in [3.8, 4) is 11.8 Å². The molecule has 1 aliphatic carbocycles. The Morgan fingerprint density at radius 3 is 2.69 bits per heavy atom. The first-order chi connectivity index (χ1) is 7.90. The van der Waals surface area contributed by atoms with Crippen molar-refractivity contribution in [3.63, 3.8) is 0 Å². The number of benzene rings is 1. The van der Waals surface area contributed by atoms with E-state index in [0.717, 1.165) is 17.9 Å². The highest BCUT2D eigenvalue weighted by atomic mass is 16.3. The van der Waals surface area contributed by atoms with Crippen molar-refractivity contribution in [1.29, 1.82) is 0 Å². The quantitative estimate of drug-likeness (QED) is 0.603. The molecular formula is C15H18O. The fourth-order valence-electron chi connectivity index (χ4n) is 2.03. The van der Waals surface area contributed by atoms with E-state index in [4.69, 9.17) is 5.11 Å². The van der Waals surface area contributed by atoms with Crippen LogP contribution < -0.4 is 0 Å². The van der Waals surface area contributed by atoms with Crippen LogP contribution in [0.2, 0.25) is 0 Å². The van der Waals surface area contributed by atoms with Crippen LogP contribution in [0.25, 0.3) is 0 Å². The summed E-state index contributed by atoms with van der Waals surface area (Å²) in [5, 5.41) is 8.90. The van der Waals surface area contributed by atoms with Gasteiger partial charge in [-0.1, -0.05) is 30.0 Å². The first-order valence-corrected chi connectivity index (χ1v) is 6.05. The minimum atomic E-state index is 0.375. The maximum absolute atomic E-state index is 8.90. The molecule has 0 aromatic heterocycles. The second kappa shape index (κ2) is 5.72. The zero-order valence-electron chi connectivity index (χ0n) is 9.52. The molecule has 2 rings (SSSR count). The van der Waals surface area contributed by atoms with Crippen molar-refractivity contribution in [1.82, 2.24) is 0 Å². The van der Waals surface area contributed by atoms with Crippen LogP contribution >= 0.6 is 0 Å². The number of aliphatic hydroxyl groups excluding tert-OH is 1. The maximum Gasteiger partial charge on any atom is 0.0462 e. The Bertz CT molecular complexity index is 371. The molecule has 2 atom stereocenters. The summed E-state index contributed by atoms with van der Waals surface area (Å²) in [5.41, 5.74) is 1.10. The molecule has 0 unspecified atom stereocenters. The maximum atomic E-state index is 8.90. The van der Waals surface area contributed by atoms with E-state index in [1.165, 1.54) is 19.3 Å². The van der Waals surface area contributed by atoms with Crippen molar-refractivity contribution >= 4 is 0 Å². The Kier molecular flexibility index (Phi) is 4.02. The van der Waals surface area contributed by atoms with Gasteiger partial charge < -0.3 is 5.11 Å². The van der Waals surface area contributed by atoms with Crippen LogP contribution in [0.15, 0.2) is 30.3 Å². The topological polar surface area (TPSA) is 20.2 Å². The van der Waals surface area contributed by atoms with Gasteiger partial charge in [-0.25, -0.2) is 0 Å². The fraction of sp³-hybridized carbons (Fsp3) is 0.467. The summed E-state index contributed by atoms with van der Waals surface area (Å²) in [4.78, 5) is 0. The summed E-state index contributed by atoms with van der Waals surface area (Å²) < 4.78 is 0. The summed E-state index contributed by atoms with van der Waals surface area (Å²) >= 11 is 0. The molecule has 1 aliphatic rings. The SMILES string of the molecule is OC[C@@H]1C[C@H]1CCCC#Cc1ccccc1. The molecule has 0 aliphatic heterocycles. The zero-order chi connectivity index (χ0) is 11.2. The van der Waals surface area contributed by atoms with Crippen molar-refractivity contribution in [2.45, 2.75) is 25.7 Å². The van der Waals surface area contributed by atoms with Gasteiger partial charge in [0.1, 0.15) is 0 Å². The molecule has 1 aromatic carbocycles. The van der Waals surface area contributed by atoms with Crippen LogP contribution in [-0.2, 0) is 0 Å². The van der Waals surface area contributed by atoms with Gasteiger partial charge in [0, 0.05) is 18.6 Å². The Morgan fingerprint density at radius 2 is 2.00 bits per heavy atom. The van der Waals surface area contributed by atoms with Crippen molar-refractivity contribution in [2.24, 2.45) is 11.8 Å². The van der Waals surface area contributed by atoms with Crippen LogP contribution in [0, 0.1) is 23.7 Å². The van der Waals surface area contributed by atoms with Crippen molar-refractivity contribution in [2.75, 3.05) is 6.61 Å². The van der Waals surface area contributed by atoms with Gasteiger partial charge >= 0.3 is 0 Å². The summed E-state index contributed by atoms with van der Waals surface area (Å²) in [6.07, 6.45) is 4.60. The van der Waals surface area contributed by atoms with Gasteiger partial charge in [0.05, 0.1) is 0 Å². The molecule has 1 aromatic rings. The molecule has 1 nitrogen and oxygen atoms in total. The first-order valence-electron chi connectivity index (χ1n) is 6.05. The lowest BCUT2D eigenvalue weighted by Crippen LogP contribution is -1.88. The Balaban J connectivity index is 1.63. The highest BCUT2D eigenvalue weighted by Gasteiger charge is 2.34. The number of rotatable bonds is 4. The smallest absolute Gasteiger partial charge is 0.0462 e. The molecule has 0 radical (unpaired) electrons. The van der Waals surface area contributed by atoms with Gasteiger partial charge in [-0.3, -0.25) is 0 Å². The van der Waals surface area contributed by atoms with Gasteiger partial charge in [0.15, 0.2) is 0 Å². The van der Waals surface area contributed by atoms with E-state index in [9.17, 15) is 0 Å². The highest BCUT2D eigenvalue weighted by molar-refractivity contribution is 5.33. The third kappa shape index (κ3) is 3.40. The lowest BCUT2D eigenvalue weighted by molar-refractivity contribution is 0.267. The molecule has 0 spiro atoms. The number of unbranched alkanes of at least 4 members (excludes halogenated alkanes) is 1. The molecular weight excluding hydrogens is 196 g/mol. The minimum absolute atomic E-state index is 0.375. The molecule has 0 bridgehead atoms. The average molecular weight is 214 g/mol. The predicted octanol–water partition coefficient (Wildman–Crippen LogP) is 2.84. The largest absolute Gasteiger partial charge is 0.396 e. The van der Waals surface area contributed by atoms with Crippen LogP contribution in [0.4, 0.5) is 0 Å². The lowest BCUT2D eigenvalue weighted by atomic mass is 10.1. The number of hydrogen-bond donors (Lipinski definition) is 1. The van der Waals surface area contributed by atoms with E-state index >= 15 is 0 Å². The second-order valence-corrected chi connectivity index (χ2v) is 4.50. The van der Waals surface area contributed by atoms with Crippen molar-refractivity contribution in [3.05, 3.63) is 35.9 Å². The van der Waals surface area contributed by atoms with Crippen LogP contribution in [0.5, 0.6) is 0 Å². The summed E-state index contributed by atoms with van der Waals surface area (Å²) in [6.45, 7) is 0.375. The molecule has 16 heavy (non-hydrogen) atoms. The Labute approximate surface area is 97.5 Å². The fourth-order valence-corrected chi connectivity index (χ4v) is 2.03. The zero-order valence-corrected chi connectivity index (χ0v) is 9.52. The average Bonchev–Trinajstić information content (AvgIpc) is 3.09. The Morgan fingerprint density at radius 1 is 1.19 bits per heavy atom. The normalized spacial score (nSPS) is 22.3. The summed E-state index contributed by atoms with van der Waals surface area (Å²) in [5.74, 6) is 7.75. The monoisotopic (exact) mass is 214 g/mol. The van der Waals surface area contributed by atoms with E-state index in [0.29, 0.717) is 12.5 Å². The Hall–Kier alpha value is -1.26. The van der Waals surface area contributed by atoms with Crippen molar-refractivity contribution < 1.29 is 5.11 Å².